The number of nitrogens with zero attached hydrogens (tertiary/aromatic N) is 1. The first kappa shape index (κ1) is 12.9. The first-order valence-corrected chi connectivity index (χ1v) is 7.24. The molecular weight excluding hydrogens is 329 g/mol. The molecule has 0 aromatic carbocycles. The van der Waals surface area contributed by atoms with Gasteiger partial charge in [0.1, 0.15) is 3.70 Å². The molecule has 0 spiro atoms. The van der Waals surface area contributed by atoms with Crippen LogP contribution in [0.1, 0.15) is 12.8 Å². The number of halogens is 1. The maximum atomic E-state index is 11.7. The zero-order valence-corrected chi connectivity index (χ0v) is 11.0. The Morgan fingerprint density at radius 1 is 1.33 bits per heavy atom. The topological polar surface area (TPSA) is 67.3 Å². The lowest BCUT2D eigenvalue weighted by molar-refractivity contribution is 0.287. The van der Waals surface area contributed by atoms with E-state index in [1.807, 2.05) is 22.6 Å². The number of hydrogen-bond acceptors (Lipinski definition) is 4. The molecule has 1 aromatic rings. The molecule has 0 aliphatic carbocycles. The van der Waals surface area contributed by atoms with Crippen molar-refractivity contribution >= 4 is 32.4 Å². The number of aliphatic hydroxyl groups excluding tert-OH is 1. The monoisotopic (exact) mass is 341 g/mol. The molecule has 6 heteroatoms. The number of pyridine rings is 1. The molecule has 1 N–H and O–H groups in total. The predicted molar refractivity (Wildman–Crippen MR) is 65.3 cm³/mol. The van der Waals surface area contributed by atoms with E-state index in [1.165, 1.54) is 6.20 Å². The zero-order chi connectivity index (χ0) is 11.3. The van der Waals surface area contributed by atoms with Gasteiger partial charge >= 0.3 is 0 Å². The first-order valence-electron chi connectivity index (χ1n) is 4.51. The van der Waals surface area contributed by atoms with Crippen LogP contribution in [0.4, 0.5) is 0 Å². The largest absolute Gasteiger partial charge is 0.396 e. The average molecular weight is 341 g/mol. The van der Waals surface area contributed by atoms with Gasteiger partial charge in [0.15, 0.2) is 9.84 Å². The van der Waals surface area contributed by atoms with Crippen LogP contribution in [0.5, 0.6) is 0 Å². The number of rotatable bonds is 5. The van der Waals surface area contributed by atoms with Gasteiger partial charge in [-0.25, -0.2) is 13.4 Å². The number of sulfone groups is 1. The van der Waals surface area contributed by atoms with Crippen LogP contribution < -0.4 is 0 Å². The van der Waals surface area contributed by atoms with Crippen molar-refractivity contribution in [1.29, 1.82) is 0 Å². The summed E-state index contributed by atoms with van der Waals surface area (Å²) in [5.41, 5.74) is 0. The van der Waals surface area contributed by atoms with E-state index < -0.39 is 9.84 Å². The average Bonchev–Trinajstić information content (AvgIpc) is 2.18. The molecule has 0 saturated carbocycles. The molecule has 15 heavy (non-hydrogen) atoms. The summed E-state index contributed by atoms with van der Waals surface area (Å²) in [6.45, 7) is 0.0282. The van der Waals surface area contributed by atoms with Crippen molar-refractivity contribution < 1.29 is 13.5 Å². The Balaban J connectivity index is 2.73. The Morgan fingerprint density at radius 2 is 2.07 bits per heavy atom. The fraction of sp³-hybridized carbons (Fsp3) is 0.444. The molecular formula is C9H12INO3S. The van der Waals surface area contributed by atoms with Crippen LogP contribution >= 0.6 is 22.6 Å². The van der Waals surface area contributed by atoms with Crippen molar-refractivity contribution in [1.82, 2.24) is 4.98 Å². The first-order chi connectivity index (χ1) is 7.06. The lowest BCUT2D eigenvalue weighted by atomic mass is 10.4. The maximum absolute atomic E-state index is 11.7. The molecule has 0 fully saturated rings. The number of aromatic nitrogens is 1. The quantitative estimate of drug-likeness (QED) is 0.497. The minimum absolute atomic E-state index is 0.0282. The van der Waals surface area contributed by atoms with Gasteiger partial charge in [-0.3, -0.25) is 0 Å². The second-order valence-electron chi connectivity index (χ2n) is 3.07. The molecule has 0 bridgehead atoms. The van der Waals surface area contributed by atoms with Crippen molar-refractivity contribution in [2.75, 3.05) is 12.4 Å². The van der Waals surface area contributed by atoms with Gasteiger partial charge < -0.3 is 5.11 Å². The van der Waals surface area contributed by atoms with Crippen LogP contribution in [0.25, 0.3) is 0 Å². The van der Waals surface area contributed by atoms with Gasteiger partial charge in [-0.15, -0.1) is 0 Å². The predicted octanol–water partition coefficient (Wildman–Crippen LogP) is 1.23. The third-order valence-electron chi connectivity index (χ3n) is 1.88. The highest BCUT2D eigenvalue weighted by Crippen LogP contribution is 2.12. The molecule has 0 atom stereocenters. The molecule has 0 unspecified atom stereocenters. The number of aliphatic hydroxyl groups is 1. The summed E-state index contributed by atoms with van der Waals surface area (Å²) >= 11 is 2.02. The molecule has 0 radical (unpaired) electrons. The van der Waals surface area contributed by atoms with Crippen LogP contribution in [0.3, 0.4) is 0 Å². The summed E-state index contributed by atoms with van der Waals surface area (Å²) in [6, 6.07) is 3.22. The van der Waals surface area contributed by atoms with Crippen molar-refractivity contribution in [2.24, 2.45) is 0 Å². The Bertz CT molecular complexity index is 402. The molecule has 0 aliphatic heterocycles. The van der Waals surface area contributed by atoms with Crippen LogP contribution in [0, 0.1) is 3.70 Å². The SMILES string of the molecule is O=S(=O)(CCCCO)c1ccc(I)nc1. The number of unbranched alkanes of at least 4 members (excludes halogenated alkanes) is 1. The normalized spacial score (nSPS) is 11.6. The van der Waals surface area contributed by atoms with Crippen molar-refractivity contribution in [3.63, 3.8) is 0 Å². The van der Waals surface area contributed by atoms with Gasteiger partial charge in [-0.05, 0) is 47.6 Å². The minimum Gasteiger partial charge on any atom is -0.396 e. The van der Waals surface area contributed by atoms with E-state index in [9.17, 15) is 8.42 Å². The van der Waals surface area contributed by atoms with Gasteiger partial charge in [0, 0.05) is 12.8 Å². The summed E-state index contributed by atoms with van der Waals surface area (Å²) in [5.74, 6) is 0.0653. The maximum Gasteiger partial charge on any atom is 0.179 e. The molecule has 1 rings (SSSR count). The van der Waals surface area contributed by atoms with E-state index in [-0.39, 0.29) is 17.3 Å². The van der Waals surface area contributed by atoms with E-state index in [4.69, 9.17) is 5.11 Å². The standard InChI is InChI=1S/C9H12INO3S/c10-9-4-3-8(7-11-9)15(13,14)6-2-1-5-12/h3-4,7,12H,1-2,5-6H2. The van der Waals surface area contributed by atoms with E-state index in [0.29, 0.717) is 12.8 Å². The highest BCUT2D eigenvalue weighted by Gasteiger charge is 2.13. The second-order valence-corrected chi connectivity index (χ2v) is 6.28. The molecule has 1 aromatic heterocycles. The summed E-state index contributed by atoms with van der Waals surface area (Å²) in [4.78, 5) is 4.18. The zero-order valence-electron chi connectivity index (χ0n) is 8.06. The van der Waals surface area contributed by atoms with Crippen LogP contribution in [0.2, 0.25) is 0 Å². The summed E-state index contributed by atoms with van der Waals surface area (Å²) in [6.07, 6.45) is 2.36. The van der Waals surface area contributed by atoms with Crippen molar-refractivity contribution in [2.45, 2.75) is 17.7 Å². The van der Waals surface area contributed by atoms with E-state index in [2.05, 4.69) is 4.98 Å². The third-order valence-corrected chi connectivity index (χ3v) is 4.30. The van der Waals surface area contributed by atoms with Gasteiger partial charge in [0.2, 0.25) is 0 Å². The second kappa shape index (κ2) is 5.76. The molecule has 0 saturated heterocycles. The Kier molecular flexibility index (Phi) is 4.94. The van der Waals surface area contributed by atoms with Gasteiger partial charge in [-0.2, -0.15) is 0 Å². The molecule has 4 nitrogen and oxygen atoms in total. The van der Waals surface area contributed by atoms with E-state index in [1.54, 1.807) is 12.1 Å². The Labute approximate surface area is 103 Å². The van der Waals surface area contributed by atoms with Crippen LogP contribution in [-0.2, 0) is 9.84 Å². The highest BCUT2D eigenvalue weighted by molar-refractivity contribution is 14.1. The summed E-state index contributed by atoms with van der Waals surface area (Å²) in [7, 11) is -3.23. The lowest BCUT2D eigenvalue weighted by Crippen LogP contribution is -2.07. The van der Waals surface area contributed by atoms with Crippen molar-refractivity contribution in [3.8, 4) is 0 Å². The molecule has 84 valence electrons. The van der Waals surface area contributed by atoms with E-state index in [0.717, 1.165) is 3.70 Å². The molecule has 0 aliphatic rings. The molecule has 1 heterocycles. The summed E-state index contributed by atoms with van der Waals surface area (Å²) in [5, 5.41) is 8.56. The smallest absolute Gasteiger partial charge is 0.179 e. The van der Waals surface area contributed by atoms with Gasteiger partial charge in [-0.1, -0.05) is 0 Å². The third kappa shape index (κ3) is 4.04. The van der Waals surface area contributed by atoms with Gasteiger partial charge in [0.05, 0.1) is 10.6 Å². The highest BCUT2D eigenvalue weighted by atomic mass is 127. The summed E-state index contributed by atoms with van der Waals surface area (Å²) < 4.78 is 24.2. The lowest BCUT2D eigenvalue weighted by Gasteiger charge is -2.03. The number of hydrogen-bond donors (Lipinski definition) is 1. The van der Waals surface area contributed by atoms with Gasteiger partial charge in [0.25, 0.3) is 0 Å². The Hall–Kier alpha value is -0.210. The minimum atomic E-state index is -3.23. The fourth-order valence-electron chi connectivity index (χ4n) is 1.07. The van der Waals surface area contributed by atoms with Crippen molar-refractivity contribution in [3.05, 3.63) is 22.0 Å². The molecule has 0 amide bonds. The van der Waals surface area contributed by atoms with Crippen LogP contribution in [-0.4, -0.2) is 30.9 Å². The fourth-order valence-corrected chi connectivity index (χ4v) is 2.70. The van der Waals surface area contributed by atoms with Crippen LogP contribution in [0.15, 0.2) is 23.2 Å². The van der Waals surface area contributed by atoms with E-state index >= 15 is 0 Å². The Morgan fingerprint density at radius 3 is 2.60 bits per heavy atom.